The molecule has 0 aliphatic rings. The number of para-hydroxylation sites is 1. The lowest BCUT2D eigenvalue weighted by atomic mass is 10.2. The van der Waals surface area contributed by atoms with Gasteiger partial charge in [0.2, 0.25) is 0 Å². The monoisotopic (exact) mass is 288 g/mol. The van der Waals surface area contributed by atoms with Crippen molar-refractivity contribution >= 4 is 17.3 Å². The quantitative estimate of drug-likeness (QED) is 0.665. The number of anilines is 1. The number of nitrogens with one attached hydrogen (secondary N) is 1. The van der Waals surface area contributed by atoms with Crippen molar-refractivity contribution in [3.05, 3.63) is 58.1 Å². The van der Waals surface area contributed by atoms with Crippen molar-refractivity contribution in [3.63, 3.8) is 0 Å². The van der Waals surface area contributed by atoms with Gasteiger partial charge in [0.1, 0.15) is 5.75 Å². The number of carbonyl (C=O) groups excluding carboxylic acids is 1. The molecule has 2 N–H and O–H groups in total. The molecule has 21 heavy (non-hydrogen) atoms. The highest BCUT2D eigenvalue weighted by molar-refractivity contribution is 6.06. The smallest absolute Gasteiger partial charge is 0.312 e. The predicted molar refractivity (Wildman–Crippen MR) is 75.7 cm³/mol. The van der Waals surface area contributed by atoms with Crippen LogP contribution in [-0.2, 0) is 0 Å². The molecule has 0 fully saturated rings. The summed E-state index contributed by atoms with van der Waals surface area (Å²) in [6.45, 7) is 0. The zero-order chi connectivity index (χ0) is 15.4. The number of hydrogen-bond acceptors (Lipinski definition) is 5. The third-order valence-corrected chi connectivity index (χ3v) is 2.78. The summed E-state index contributed by atoms with van der Waals surface area (Å²) in [5, 5.41) is 23.0. The minimum absolute atomic E-state index is 0.0796. The van der Waals surface area contributed by atoms with Crippen LogP contribution in [0.25, 0.3) is 0 Å². The summed E-state index contributed by atoms with van der Waals surface area (Å²) < 4.78 is 4.88. The number of carbonyl (C=O) groups is 1. The first-order valence-corrected chi connectivity index (χ1v) is 5.94. The van der Waals surface area contributed by atoms with E-state index in [1.807, 2.05) is 0 Å². The number of nitro groups is 1. The van der Waals surface area contributed by atoms with Gasteiger partial charge in [-0.1, -0.05) is 12.1 Å². The maximum Gasteiger partial charge on any atom is 0.312 e. The van der Waals surface area contributed by atoms with Crippen LogP contribution >= 0.6 is 0 Å². The lowest BCUT2D eigenvalue weighted by Crippen LogP contribution is -2.12. The number of nitro benzene ring substituents is 1. The predicted octanol–water partition coefficient (Wildman–Crippen LogP) is 2.56. The van der Waals surface area contributed by atoms with Crippen LogP contribution in [0, 0.1) is 10.1 Å². The van der Waals surface area contributed by atoms with Gasteiger partial charge in [0.15, 0.2) is 5.75 Å². The van der Waals surface area contributed by atoms with Crippen LogP contribution in [0.5, 0.6) is 11.5 Å². The molecule has 0 spiro atoms. The molecule has 0 aliphatic heterocycles. The van der Waals surface area contributed by atoms with Crippen molar-refractivity contribution in [2.45, 2.75) is 0 Å². The van der Waals surface area contributed by atoms with Crippen LogP contribution in [0.1, 0.15) is 10.4 Å². The molecule has 108 valence electrons. The molecule has 0 saturated carbocycles. The lowest BCUT2D eigenvalue weighted by Gasteiger charge is -2.08. The number of aromatic hydroxyl groups is 1. The van der Waals surface area contributed by atoms with Crippen LogP contribution in [0.4, 0.5) is 11.4 Å². The molecule has 1 amide bonds. The van der Waals surface area contributed by atoms with Gasteiger partial charge in [0.25, 0.3) is 5.91 Å². The Labute approximate surface area is 119 Å². The van der Waals surface area contributed by atoms with Gasteiger partial charge in [0, 0.05) is 11.8 Å². The van der Waals surface area contributed by atoms with Gasteiger partial charge in [-0.2, -0.15) is 0 Å². The fraction of sp³-hybridized carbons (Fsp3) is 0.0714. The second kappa shape index (κ2) is 5.91. The average Bonchev–Trinajstić information content (AvgIpc) is 2.47. The first-order valence-electron chi connectivity index (χ1n) is 5.94. The molecule has 0 radical (unpaired) electrons. The number of ether oxygens (including phenoxy) is 1. The number of phenolic OH excluding ortho intramolecular Hbond substituents is 1. The molecule has 7 heteroatoms. The maximum absolute atomic E-state index is 12.0. The molecule has 0 aliphatic carbocycles. The molecule has 2 rings (SSSR count). The highest BCUT2D eigenvalue weighted by Crippen LogP contribution is 2.30. The fourth-order valence-corrected chi connectivity index (χ4v) is 1.77. The molecule has 0 aromatic heterocycles. The zero-order valence-electron chi connectivity index (χ0n) is 11.1. The first-order chi connectivity index (χ1) is 10.0. The van der Waals surface area contributed by atoms with Gasteiger partial charge in [0.05, 0.1) is 17.6 Å². The van der Waals surface area contributed by atoms with Crippen molar-refractivity contribution in [3.8, 4) is 11.5 Å². The highest BCUT2D eigenvalue weighted by atomic mass is 16.6. The number of amides is 1. The number of hydrogen-bond donors (Lipinski definition) is 2. The summed E-state index contributed by atoms with van der Waals surface area (Å²) in [6.07, 6.45) is 0. The van der Waals surface area contributed by atoms with Gasteiger partial charge >= 0.3 is 5.69 Å². The largest absolute Gasteiger partial charge is 0.507 e. The molecule has 0 saturated heterocycles. The summed E-state index contributed by atoms with van der Waals surface area (Å²) in [4.78, 5) is 22.3. The number of rotatable bonds is 4. The normalized spacial score (nSPS) is 9.95. The molecular formula is C14H12N2O5. The van der Waals surface area contributed by atoms with E-state index in [1.54, 1.807) is 12.1 Å². The van der Waals surface area contributed by atoms with E-state index in [-0.39, 0.29) is 28.4 Å². The lowest BCUT2D eigenvalue weighted by molar-refractivity contribution is -0.385. The minimum Gasteiger partial charge on any atom is -0.507 e. The van der Waals surface area contributed by atoms with Crippen molar-refractivity contribution in [2.24, 2.45) is 0 Å². The molecule has 2 aromatic rings. The first kappa shape index (κ1) is 14.3. The van der Waals surface area contributed by atoms with E-state index in [1.165, 1.54) is 37.4 Å². The molecule has 0 heterocycles. The van der Waals surface area contributed by atoms with Crippen LogP contribution in [0.15, 0.2) is 42.5 Å². The van der Waals surface area contributed by atoms with E-state index in [0.717, 1.165) is 0 Å². The topological polar surface area (TPSA) is 102 Å². The Morgan fingerprint density at radius 2 is 2.00 bits per heavy atom. The molecule has 7 nitrogen and oxygen atoms in total. The van der Waals surface area contributed by atoms with Crippen LogP contribution < -0.4 is 10.1 Å². The molecule has 2 aromatic carbocycles. The number of nitrogens with zero attached hydrogens (tertiary/aromatic N) is 1. The van der Waals surface area contributed by atoms with E-state index in [0.29, 0.717) is 0 Å². The van der Waals surface area contributed by atoms with Gasteiger partial charge in [-0.25, -0.2) is 0 Å². The molecular weight excluding hydrogens is 276 g/mol. The van der Waals surface area contributed by atoms with E-state index < -0.39 is 10.8 Å². The summed E-state index contributed by atoms with van der Waals surface area (Å²) in [7, 11) is 1.32. The van der Waals surface area contributed by atoms with E-state index in [9.17, 15) is 20.0 Å². The number of phenols is 1. The van der Waals surface area contributed by atoms with Crippen LogP contribution in [0.2, 0.25) is 0 Å². The SMILES string of the molecule is COc1ccc(NC(=O)c2ccccc2O)cc1[N+](=O)[O-]. The maximum atomic E-state index is 12.0. The van der Waals surface area contributed by atoms with Gasteiger partial charge in [-0.3, -0.25) is 14.9 Å². The van der Waals surface area contributed by atoms with Crippen molar-refractivity contribution in [1.82, 2.24) is 0 Å². The van der Waals surface area contributed by atoms with E-state index >= 15 is 0 Å². The van der Waals surface area contributed by atoms with Gasteiger partial charge in [-0.05, 0) is 24.3 Å². The third kappa shape index (κ3) is 3.08. The van der Waals surface area contributed by atoms with Gasteiger partial charge in [-0.15, -0.1) is 0 Å². The molecule has 0 bridgehead atoms. The van der Waals surface area contributed by atoms with Crippen molar-refractivity contribution < 1.29 is 19.6 Å². The third-order valence-electron chi connectivity index (χ3n) is 2.78. The standard InChI is InChI=1S/C14H12N2O5/c1-21-13-7-6-9(8-11(13)16(19)20)15-14(18)10-4-2-3-5-12(10)17/h2-8,17H,1H3,(H,15,18). The molecule has 0 unspecified atom stereocenters. The Morgan fingerprint density at radius 1 is 1.29 bits per heavy atom. The minimum atomic E-state index is -0.603. The van der Waals surface area contributed by atoms with Crippen LogP contribution in [0.3, 0.4) is 0 Å². The second-order valence-electron chi connectivity index (χ2n) is 4.12. The van der Waals surface area contributed by atoms with E-state index in [4.69, 9.17) is 4.74 Å². The summed E-state index contributed by atoms with van der Waals surface area (Å²) >= 11 is 0. The van der Waals surface area contributed by atoms with E-state index in [2.05, 4.69) is 5.32 Å². The molecule has 0 atom stereocenters. The zero-order valence-corrected chi connectivity index (χ0v) is 11.1. The van der Waals surface area contributed by atoms with Gasteiger partial charge < -0.3 is 15.2 Å². The second-order valence-corrected chi connectivity index (χ2v) is 4.12. The van der Waals surface area contributed by atoms with Crippen molar-refractivity contribution in [2.75, 3.05) is 12.4 Å². The highest BCUT2D eigenvalue weighted by Gasteiger charge is 2.17. The Hall–Kier alpha value is -3.09. The Morgan fingerprint density at radius 3 is 2.62 bits per heavy atom. The van der Waals surface area contributed by atoms with Crippen LogP contribution in [-0.4, -0.2) is 23.0 Å². The number of methoxy groups -OCH3 is 1. The Balaban J connectivity index is 2.28. The summed E-state index contributed by atoms with van der Waals surface area (Å²) in [5.41, 5.74) is 0.0549. The average molecular weight is 288 g/mol. The van der Waals surface area contributed by atoms with Crippen molar-refractivity contribution in [1.29, 1.82) is 0 Å². The Bertz CT molecular complexity index is 700. The number of benzene rings is 2. The summed E-state index contributed by atoms with van der Waals surface area (Å²) in [5.74, 6) is -0.633. The Kier molecular flexibility index (Phi) is 4.03. The summed E-state index contributed by atoms with van der Waals surface area (Å²) in [6, 6.07) is 10.1. The fourth-order valence-electron chi connectivity index (χ4n) is 1.77.